The number of piperidine rings is 1. The highest BCUT2D eigenvalue weighted by Crippen LogP contribution is 2.37. The van der Waals surface area contributed by atoms with Gasteiger partial charge in [0.1, 0.15) is 12.1 Å². The summed E-state index contributed by atoms with van der Waals surface area (Å²) in [5, 5.41) is 6.39. The number of halogens is 2. The van der Waals surface area contributed by atoms with Crippen LogP contribution in [0.2, 0.25) is 0 Å². The van der Waals surface area contributed by atoms with E-state index in [1.54, 1.807) is 0 Å². The number of hydrogen-bond donors (Lipinski definition) is 3. The topological polar surface area (TPSA) is 128 Å². The summed E-state index contributed by atoms with van der Waals surface area (Å²) in [6.45, 7) is 10.1. The molecule has 2 heterocycles. The molecule has 1 saturated carbocycles. The lowest BCUT2D eigenvalue weighted by Gasteiger charge is -2.38. The molecule has 3 fully saturated rings. The zero-order valence-electron chi connectivity index (χ0n) is 22.9. The van der Waals surface area contributed by atoms with Crippen LogP contribution in [-0.4, -0.2) is 76.8 Å². The van der Waals surface area contributed by atoms with Gasteiger partial charge in [0, 0.05) is 19.0 Å². The number of amides is 5. The minimum atomic E-state index is -2.41. The van der Waals surface area contributed by atoms with Crippen molar-refractivity contribution in [1.82, 2.24) is 26.0 Å². The van der Waals surface area contributed by atoms with Crippen LogP contribution in [0.5, 0.6) is 0 Å². The van der Waals surface area contributed by atoms with Crippen molar-refractivity contribution in [3.63, 3.8) is 0 Å². The Hall–Kier alpha value is -2.43. The number of carbonyl (C=O) groups excluding carboxylic acids is 5. The van der Waals surface area contributed by atoms with Gasteiger partial charge in [-0.05, 0) is 49.4 Å². The molecule has 3 aliphatic rings. The maximum atomic E-state index is 13.9. The van der Waals surface area contributed by atoms with Crippen molar-refractivity contribution in [2.24, 2.45) is 22.7 Å². The van der Waals surface area contributed by atoms with Crippen LogP contribution in [-0.2, 0) is 24.0 Å². The lowest BCUT2D eigenvalue weighted by molar-refractivity contribution is -0.150. The molecule has 0 aromatic heterocycles. The molecule has 0 spiro atoms. The van der Waals surface area contributed by atoms with Gasteiger partial charge in [0.05, 0.1) is 12.5 Å². The van der Waals surface area contributed by atoms with E-state index in [0.717, 1.165) is 17.9 Å². The summed E-state index contributed by atoms with van der Waals surface area (Å²) >= 11 is 5.42. The number of nitrogens with one attached hydrogen (secondary N) is 3. The third-order valence-electron chi connectivity index (χ3n) is 7.98. The highest BCUT2D eigenvalue weighted by atomic mass is 35.5. The fourth-order valence-electron chi connectivity index (χ4n) is 5.05. The molecule has 2 aliphatic heterocycles. The number of hydrogen-bond acceptors (Lipinski definition) is 5. The van der Waals surface area contributed by atoms with E-state index in [2.05, 4.69) is 16.1 Å². The largest absolute Gasteiger partial charge is 0.356 e. The summed E-state index contributed by atoms with van der Waals surface area (Å²) < 4.78 is 13.8. The van der Waals surface area contributed by atoms with Gasteiger partial charge in [0.2, 0.25) is 17.7 Å². The van der Waals surface area contributed by atoms with Crippen molar-refractivity contribution in [3.8, 4) is 0 Å². The summed E-state index contributed by atoms with van der Waals surface area (Å²) in [4.78, 5) is 66.4. The van der Waals surface area contributed by atoms with Crippen molar-refractivity contribution < 1.29 is 28.4 Å². The van der Waals surface area contributed by atoms with Gasteiger partial charge < -0.3 is 15.5 Å². The molecule has 2 saturated heterocycles. The molecule has 0 radical (unpaired) electrons. The van der Waals surface area contributed by atoms with Crippen molar-refractivity contribution in [3.05, 3.63) is 0 Å². The second-order valence-electron chi connectivity index (χ2n) is 12.3. The minimum absolute atomic E-state index is 0.0900. The molecule has 3 rings (SSSR count). The fraction of sp³-hybridized carbons (Fsp3) is 0.808. The van der Waals surface area contributed by atoms with Crippen LogP contribution in [0.3, 0.4) is 0 Å². The molecule has 12 heteroatoms. The van der Waals surface area contributed by atoms with Gasteiger partial charge in [0.15, 0.2) is 0 Å². The van der Waals surface area contributed by atoms with E-state index in [-0.39, 0.29) is 36.7 Å². The first-order chi connectivity index (χ1) is 17.7. The predicted octanol–water partition coefficient (Wildman–Crippen LogP) is 1.86. The van der Waals surface area contributed by atoms with Crippen LogP contribution in [0.15, 0.2) is 0 Å². The van der Waals surface area contributed by atoms with E-state index >= 15 is 0 Å². The standard InChI is InChI=1S/C26H41ClFN5O5/c1-6-26(4,5)18(30-21(35)15-9-10-15)23(37)32-14-25(2,3)12-17(32)22(36)31-33(24(38)19(27)28)13-16-8-7-11-29-20(16)34/h15-19H,6-14H2,1-5H3,(H,29,34)(H,30,35)(H,31,36)/t16-,17+,18?,19?/m1/s1. The average Bonchev–Trinajstić information content (AvgIpc) is 3.65. The number of rotatable bonds is 9. The zero-order chi connectivity index (χ0) is 28.4. The molecule has 10 nitrogen and oxygen atoms in total. The summed E-state index contributed by atoms with van der Waals surface area (Å²) in [6, 6.07) is -1.80. The van der Waals surface area contributed by atoms with Gasteiger partial charge in [-0.3, -0.25) is 29.4 Å². The zero-order valence-corrected chi connectivity index (χ0v) is 23.7. The third-order valence-corrected chi connectivity index (χ3v) is 8.17. The average molecular weight is 558 g/mol. The summed E-state index contributed by atoms with van der Waals surface area (Å²) in [7, 11) is 0. The monoisotopic (exact) mass is 557 g/mol. The predicted molar refractivity (Wildman–Crippen MR) is 139 cm³/mol. The van der Waals surface area contributed by atoms with E-state index < -0.39 is 46.3 Å². The van der Waals surface area contributed by atoms with Crippen molar-refractivity contribution in [2.45, 2.75) is 90.9 Å². The third kappa shape index (κ3) is 7.15. The van der Waals surface area contributed by atoms with Gasteiger partial charge in [-0.1, -0.05) is 46.2 Å². The number of hydrazine groups is 1. The van der Waals surface area contributed by atoms with Gasteiger partial charge in [-0.2, -0.15) is 0 Å². The van der Waals surface area contributed by atoms with Crippen LogP contribution in [0.4, 0.5) is 4.39 Å². The van der Waals surface area contributed by atoms with Crippen LogP contribution >= 0.6 is 11.6 Å². The van der Waals surface area contributed by atoms with Gasteiger partial charge in [-0.25, -0.2) is 9.40 Å². The highest BCUT2D eigenvalue weighted by molar-refractivity contribution is 6.29. The van der Waals surface area contributed by atoms with Crippen molar-refractivity contribution in [2.75, 3.05) is 19.6 Å². The molecule has 1 aliphatic carbocycles. The maximum absolute atomic E-state index is 13.9. The van der Waals surface area contributed by atoms with E-state index in [0.29, 0.717) is 32.2 Å². The Morgan fingerprint density at radius 1 is 1.21 bits per heavy atom. The van der Waals surface area contributed by atoms with E-state index in [4.69, 9.17) is 11.6 Å². The quantitative estimate of drug-likeness (QED) is 0.294. The highest BCUT2D eigenvalue weighted by Gasteiger charge is 2.49. The van der Waals surface area contributed by atoms with Crippen LogP contribution in [0.1, 0.15) is 73.1 Å². The maximum Gasteiger partial charge on any atom is 0.291 e. The SMILES string of the molecule is CCC(C)(C)C(NC(=O)C1CC1)C(=O)N1CC(C)(C)C[C@H]1C(=O)NN(C[C@H]1CCCNC1=O)C(=O)C(F)Cl. The van der Waals surface area contributed by atoms with Crippen LogP contribution in [0, 0.1) is 22.7 Å². The van der Waals surface area contributed by atoms with Crippen molar-refractivity contribution in [1.29, 1.82) is 0 Å². The summed E-state index contributed by atoms with van der Waals surface area (Å²) in [6.07, 6.45) is 3.65. The Labute approximate surface area is 228 Å². The number of likely N-dealkylation sites (tertiary alicyclic amines) is 1. The Kier molecular flexibility index (Phi) is 9.32. The normalized spacial score (nSPS) is 24.7. The Morgan fingerprint density at radius 2 is 1.87 bits per heavy atom. The molecule has 4 atom stereocenters. The Bertz CT molecular complexity index is 954. The molecular formula is C26H41ClFN5O5. The molecule has 2 unspecified atom stereocenters. The summed E-state index contributed by atoms with van der Waals surface area (Å²) in [5.74, 6) is -3.41. The molecular weight excluding hydrogens is 517 g/mol. The second kappa shape index (κ2) is 11.8. The van der Waals surface area contributed by atoms with Gasteiger partial charge in [-0.15, -0.1) is 0 Å². The fourth-order valence-corrected chi connectivity index (χ4v) is 5.17. The number of nitrogens with zero attached hydrogens (tertiary/aromatic N) is 2. The Morgan fingerprint density at radius 3 is 2.42 bits per heavy atom. The first-order valence-corrected chi connectivity index (χ1v) is 13.9. The first kappa shape index (κ1) is 30.1. The van der Waals surface area contributed by atoms with Gasteiger partial charge in [0.25, 0.3) is 17.4 Å². The lowest BCUT2D eigenvalue weighted by atomic mass is 9.80. The number of alkyl halides is 2. The molecule has 38 heavy (non-hydrogen) atoms. The van der Waals surface area contributed by atoms with Crippen molar-refractivity contribution >= 4 is 41.1 Å². The first-order valence-electron chi connectivity index (χ1n) is 13.5. The molecule has 0 bridgehead atoms. The smallest absolute Gasteiger partial charge is 0.291 e. The molecule has 0 aromatic carbocycles. The lowest BCUT2D eigenvalue weighted by Crippen LogP contribution is -2.60. The molecule has 5 amide bonds. The van der Waals surface area contributed by atoms with Gasteiger partial charge >= 0.3 is 0 Å². The Balaban J connectivity index is 1.83. The van der Waals surface area contributed by atoms with E-state index in [1.165, 1.54) is 4.90 Å². The molecule has 3 N–H and O–H groups in total. The van der Waals surface area contributed by atoms with E-state index in [1.807, 2.05) is 34.6 Å². The second-order valence-corrected chi connectivity index (χ2v) is 12.6. The molecule has 214 valence electrons. The molecule has 0 aromatic rings. The minimum Gasteiger partial charge on any atom is -0.356 e. The van der Waals surface area contributed by atoms with Crippen LogP contribution in [0.25, 0.3) is 0 Å². The summed E-state index contributed by atoms with van der Waals surface area (Å²) in [5.41, 5.74) is -0.962. The number of carbonyl (C=O) groups is 5. The van der Waals surface area contributed by atoms with E-state index in [9.17, 15) is 28.4 Å². The van der Waals surface area contributed by atoms with Crippen LogP contribution < -0.4 is 16.1 Å².